The normalized spacial score (nSPS) is 19.6. The first kappa shape index (κ1) is 11.9. The highest BCUT2D eigenvalue weighted by Gasteiger charge is 2.24. The molecule has 3 N–H and O–H groups in total. The van der Waals surface area contributed by atoms with Gasteiger partial charge >= 0.3 is 0 Å². The second-order valence-corrected chi connectivity index (χ2v) is 5.53. The highest BCUT2D eigenvalue weighted by atomic mass is 79.9. The Morgan fingerprint density at radius 2 is 1.94 bits per heavy atom. The SMILES string of the molecule is Nc1ccc(Br)cc1C(O)C1CCCCC1. The molecule has 3 heteroatoms. The molecule has 0 radical (unpaired) electrons. The molecule has 0 aromatic heterocycles. The Kier molecular flexibility index (Phi) is 3.87. The first-order chi connectivity index (χ1) is 7.68. The van der Waals surface area contributed by atoms with Gasteiger partial charge in [-0.05, 0) is 37.0 Å². The number of nitrogens with two attached hydrogens (primary N) is 1. The van der Waals surface area contributed by atoms with Crippen LogP contribution >= 0.6 is 15.9 Å². The number of nitrogen functional groups attached to an aromatic ring is 1. The average Bonchev–Trinajstić information content (AvgIpc) is 2.32. The van der Waals surface area contributed by atoms with Gasteiger partial charge in [-0.2, -0.15) is 0 Å². The molecule has 1 saturated carbocycles. The standard InChI is InChI=1S/C13H18BrNO/c14-10-6-7-12(15)11(8-10)13(16)9-4-2-1-3-5-9/h6-9,13,16H,1-5,15H2. The molecule has 1 fully saturated rings. The molecule has 1 aliphatic carbocycles. The molecule has 1 unspecified atom stereocenters. The van der Waals surface area contributed by atoms with Crippen LogP contribution in [0.25, 0.3) is 0 Å². The maximum atomic E-state index is 10.3. The van der Waals surface area contributed by atoms with Crippen molar-refractivity contribution in [3.8, 4) is 0 Å². The van der Waals surface area contributed by atoms with Gasteiger partial charge < -0.3 is 10.8 Å². The Morgan fingerprint density at radius 3 is 2.62 bits per heavy atom. The molecule has 2 rings (SSSR count). The molecule has 1 aromatic carbocycles. The van der Waals surface area contributed by atoms with Crippen LogP contribution in [0.3, 0.4) is 0 Å². The number of benzene rings is 1. The topological polar surface area (TPSA) is 46.2 Å². The summed E-state index contributed by atoms with van der Waals surface area (Å²) in [4.78, 5) is 0. The molecule has 0 aliphatic heterocycles. The highest BCUT2D eigenvalue weighted by Crippen LogP contribution is 2.37. The van der Waals surface area contributed by atoms with Crippen molar-refractivity contribution in [3.63, 3.8) is 0 Å². The van der Waals surface area contributed by atoms with Crippen LogP contribution in [0.4, 0.5) is 5.69 Å². The van der Waals surface area contributed by atoms with Gasteiger partial charge in [0, 0.05) is 15.7 Å². The van der Waals surface area contributed by atoms with Crippen LogP contribution in [0.2, 0.25) is 0 Å². The lowest BCUT2D eigenvalue weighted by Crippen LogP contribution is -2.17. The molecular weight excluding hydrogens is 266 g/mol. The fourth-order valence-electron chi connectivity index (χ4n) is 2.51. The molecule has 0 saturated heterocycles. The molecule has 2 nitrogen and oxygen atoms in total. The zero-order chi connectivity index (χ0) is 11.5. The van der Waals surface area contributed by atoms with Crippen molar-refractivity contribution in [1.82, 2.24) is 0 Å². The molecule has 0 amide bonds. The molecule has 0 heterocycles. The van der Waals surface area contributed by atoms with Gasteiger partial charge in [-0.25, -0.2) is 0 Å². The van der Waals surface area contributed by atoms with E-state index in [2.05, 4.69) is 15.9 Å². The number of rotatable bonds is 2. The van der Waals surface area contributed by atoms with Crippen molar-refractivity contribution >= 4 is 21.6 Å². The van der Waals surface area contributed by atoms with Crippen LogP contribution < -0.4 is 5.73 Å². The number of halogens is 1. The lowest BCUT2D eigenvalue weighted by molar-refractivity contribution is 0.0854. The van der Waals surface area contributed by atoms with Crippen molar-refractivity contribution in [3.05, 3.63) is 28.2 Å². The Balaban J connectivity index is 2.18. The van der Waals surface area contributed by atoms with E-state index in [0.29, 0.717) is 11.6 Å². The summed E-state index contributed by atoms with van der Waals surface area (Å²) in [5.74, 6) is 0.380. The summed E-state index contributed by atoms with van der Waals surface area (Å²) in [6.07, 6.45) is 5.60. The van der Waals surface area contributed by atoms with Crippen LogP contribution in [0, 0.1) is 5.92 Å². The molecule has 1 aromatic rings. The molecule has 16 heavy (non-hydrogen) atoms. The van der Waals surface area contributed by atoms with E-state index in [0.717, 1.165) is 22.9 Å². The molecule has 0 bridgehead atoms. The monoisotopic (exact) mass is 283 g/mol. The minimum absolute atomic E-state index is 0.380. The quantitative estimate of drug-likeness (QED) is 0.814. The summed E-state index contributed by atoms with van der Waals surface area (Å²) in [5.41, 5.74) is 7.49. The van der Waals surface area contributed by atoms with Crippen LogP contribution in [0.15, 0.2) is 22.7 Å². The summed E-state index contributed by atoms with van der Waals surface area (Å²) in [6, 6.07) is 5.70. The smallest absolute Gasteiger partial charge is 0.0838 e. The molecular formula is C13H18BrNO. The van der Waals surface area contributed by atoms with Gasteiger partial charge in [0.05, 0.1) is 6.10 Å². The van der Waals surface area contributed by atoms with Crippen molar-refractivity contribution in [2.24, 2.45) is 5.92 Å². The Labute approximate surface area is 105 Å². The van der Waals surface area contributed by atoms with E-state index in [1.165, 1.54) is 19.3 Å². The first-order valence-electron chi connectivity index (χ1n) is 5.91. The number of aliphatic hydroxyl groups is 1. The predicted octanol–water partition coefficient (Wildman–Crippen LogP) is 3.65. The zero-order valence-electron chi connectivity index (χ0n) is 9.32. The highest BCUT2D eigenvalue weighted by molar-refractivity contribution is 9.10. The van der Waals surface area contributed by atoms with E-state index < -0.39 is 6.10 Å². The van der Waals surface area contributed by atoms with Crippen molar-refractivity contribution < 1.29 is 5.11 Å². The summed E-state index contributed by atoms with van der Waals surface area (Å²) >= 11 is 3.42. The number of hydrogen-bond donors (Lipinski definition) is 2. The molecule has 1 atom stereocenters. The van der Waals surface area contributed by atoms with Gasteiger partial charge in [0.15, 0.2) is 0 Å². The summed E-state index contributed by atoms with van der Waals surface area (Å²) in [6.45, 7) is 0. The van der Waals surface area contributed by atoms with Gasteiger partial charge in [0.2, 0.25) is 0 Å². The fraction of sp³-hybridized carbons (Fsp3) is 0.538. The van der Waals surface area contributed by atoms with E-state index in [9.17, 15) is 5.11 Å². The van der Waals surface area contributed by atoms with Crippen LogP contribution in [0.1, 0.15) is 43.8 Å². The van der Waals surface area contributed by atoms with E-state index in [1.54, 1.807) is 0 Å². The summed E-state index contributed by atoms with van der Waals surface area (Å²) in [7, 11) is 0. The summed E-state index contributed by atoms with van der Waals surface area (Å²) in [5, 5.41) is 10.3. The van der Waals surface area contributed by atoms with Crippen molar-refractivity contribution in [2.45, 2.75) is 38.2 Å². The van der Waals surface area contributed by atoms with E-state index in [4.69, 9.17) is 5.73 Å². The van der Waals surface area contributed by atoms with Gasteiger partial charge in [-0.3, -0.25) is 0 Å². The number of hydrogen-bond acceptors (Lipinski definition) is 2. The third-order valence-electron chi connectivity index (χ3n) is 3.46. The maximum absolute atomic E-state index is 10.3. The third kappa shape index (κ3) is 2.58. The molecule has 0 spiro atoms. The van der Waals surface area contributed by atoms with Crippen LogP contribution in [-0.2, 0) is 0 Å². The van der Waals surface area contributed by atoms with Crippen molar-refractivity contribution in [1.29, 1.82) is 0 Å². The maximum Gasteiger partial charge on any atom is 0.0838 e. The molecule has 1 aliphatic rings. The summed E-state index contributed by atoms with van der Waals surface area (Å²) < 4.78 is 0.978. The first-order valence-corrected chi connectivity index (χ1v) is 6.71. The Bertz CT molecular complexity index is 361. The zero-order valence-corrected chi connectivity index (χ0v) is 10.9. The second-order valence-electron chi connectivity index (χ2n) is 4.62. The lowest BCUT2D eigenvalue weighted by atomic mass is 9.82. The Morgan fingerprint density at radius 1 is 1.25 bits per heavy atom. The third-order valence-corrected chi connectivity index (χ3v) is 3.96. The average molecular weight is 284 g/mol. The Hall–Kier alpha value is -0.540. The van der Waals surface area contributed by atoms with Gasteiger partial charge in [0.1, 0.15) is 0 Å². The van der Waals surface area contributed by atoms with E-state index in [-0.39, 0.29) is 0 Å². The van der Waals surface area contributed by atoms with Gasteiger partial charge in [-0.15, -0.1) is 0 Å². The van der Waals surface area contributed by atoms with Gasteiger partial charge in [-0.1, -0.05) is 35.2 Å². The van der Waals surface area contributed by atoms with E-state index in [1.807, 2.05) is 18.2 Å². The van der Waals surface area contributed by atoms with Crippen LogP contribution in [-0.4, -0.2) is 5.11 Å². The minimum Gasteiger partial charge on any atom is -0.398 e. The lowest BCUT2D eigenvalue weighted by Gasteiger charge is -2.27. The van der Waals surface area contributed by atoms with Gasteiger partial charge in [0.25, 0.3) is 0 Å². The molecule has 88 valence electrons. The largest absolute Gasteiger partial charge is 0.398 e. The van der Waals surface area contributed by atoms with Crippen molar-refractivity contribution in [2.75, 3.05) is 5.73 Å². The predicted molar refractivity (Wildman–Crippen MR) is 70.1 cm³/mol. The van der Waals surface area contributed by atoms with Crippen LogP contribution in [0.5, 0.6) is 0 Å². The number of anilines is 1. The van der Waals surface area contributed by atoms with E-state index >= 15 is 0 Å². The second kappa shape index (κ2) is 5.19. The fourth-order valence-corrected chi connectivity index (χ4v) is 2.88. The number of aliphatic hydroxyl groups excluding tert-OH is 1. The minimum atomic E-state index is -0.405.